The third-order valence-electron chi connectivity index (χ3n) is 2.59. The molecule has 1 aromatic heterocycles. The van der Waals surface area contributed by atoms with Crippen molar-refractivity contribution in [2.45, 2.75) is 13.1 Å². The van der Waals surface area contributed by atoms with Crippen LogP contribution < -0.4 is 5.73 Å². The van der Waals surface area contributed by atoms with Crippen LogP contribution in [0.5, 0.6) is 0 Å². The van der Waals surface area contributed by atoms with Crippen molar-refractivity contribution in [2.24, 2.45) is 0 Å². The fraction of sp³-hybridized carbons (Fsp3) is 0.154. The molecule has 0 aliphatic rings. The first-order valence-corrected chi connectivity index (χ1v) is 5.27. The molecule has 2 N–H and O–H groups in total. The van der Waals surface area contributed by atoms with E-state index in [0.29, 0.717) is 5.56 Å². The number of anilines is 1. The monoisotopic (exact) mass is 252 g/mol. The Hall–Kier alpha value is -2.04. The van der Waals surface area contributed by atoms with Crippen LogP contribution in [0, 0.1) is 6.92 Å². The van der Waals surface area contributed by atoms with Gasteiger partial charge in [-0.15, -0.1) is 0 Å². The Kier molecular flexibility index (Phi) is 2.98. The predicted octanol–water partition coefficient (Wildman–Crippen LogP) is 3.66. The number of aryl methyl sites for hydroxylation is 1. The highest BCUT2D eigenvalue weighted by Crippen LogP contribution is 2.35. The quantitative estimate of drug-likeness (QED) is 0.786. The number of nitrogens with two attached hydrogens (primary N) is 1. The van der Waals surface area contributed by atoms with E-state index in [4.69, 9.17) is 5.73 Å². The highest BCUT2D eigenvalue weighted by molar-refractivity contribution is 5.69. The standard InChI is InChI=1S/C13H11F3N2/c1-8-6-10(4-5-18-8)9-2-3-11(12(17)7-9)13(14,15)16/h2-7H,17H2,1H3. The van der Waals surface area contributed by atoms with E-state index in [1.165, 1.54) is 12.1 Å². The van der Waals surface area contributed by atoms with Crippen molar-refractivity contribution < 1.29 is 13.2 Å². The van der Waals surface area contributed by atoms with Gasteiger partial charge in [-0.2, -0.15) is 13.2 Å². The van der Waals surface area contributed by atoms with Gasteiger partial charge in [0.25, 0.3) is 0 Å². The van der Waals surface area contributed by atoms with Gasteiger partial charge in [-0.05, 0) is 42.3 Å². The van der Waals surface area contributed by atoms with Crippen LogP contribution in [0.15, 0.2) is 36.5 Å². The van der Waals surface area contributed by atoms with E-state index in [0.717, 1.165) is 17.3 Å². The predicted molar refractivity (Wildman–Crippen MR) is 63.8 cm³/mol. The molecule has 0 saturated carbocycles. The molecule has 2 aromatic rings. The van der Waals surface area contributed by atoms with Crippen molar-refractivity contribution in [3.63, 3.8) is 0 Å². The van der Waals surface area contributed by atoms with E-state index in [1.54, 1.807) is 18.3 Å². The van der Waals surface area contributed by atoms with Crippen molar-refractivity contribution in [2.75, 3.05) is 5.73 Å². The van der Waals surface area contributed by atoms with Crippen LogP contribution in [0.1, 0.15) is 11.3 Å². The van der Waals surface area contributed by atoms with Gasteiger partial charge in [0.2, 0.25) is 0 Å². The fourth-order valence-corrected chi connectivity index (χ4v) is 1.73. The first kappa shape index (κ1) is 12.4. The number of benzene rings is 1. The lowest BCUT2D eigenvalue weighted by atomic mass is 10.0. The van der Waals surface area contributed by atoms with E-state index in [1.807, 2.05) is 6.92 Å². The molecule has 0 radical (unpaired) electrons. The third-order valence-corrected chi connectivity index (χ3v) is 2.59. The zero-order chi connectivity index (χ0) is 13.3. The number of rotatable bonds is 1. The molecule has 0 bridgehead atoms. The minimum atomic E-state index is -4.42. The van der Waals surface area contributed by atoms with Gasteiger partial charge in [0.05, 0.1) is 5.56 Å². The largest absolute Gasteiger partial charge is 0.418 e. The Morgan fingerprint density at radius 2 is 1.72 bits per heavy atom. The second kappa shape index (κ2) is 4.33. The van der Waals surface area contributed by atoms with E-state index >= 15 is 0 Å². The van der Waals surface area contributed by atoms with Gasteiger partial charge < -0.3 is 5.73 Å². The Labute approximate surface area is 102 Å². The van der Waals surface area contributed by atoms with Crippen molar-refractivity contribution >= 4 is 5.69 Å². The Morgan fingerprint density at radius 3 is 2.28 bits per heavy atom. The van der Waals surface area contributed by atoms with Crippen LogP contribution >= 0.6 is 0 Å². The van der Waals surface area contributed by atoms with E-state index < -0.39 is 11.7 Å². The van der Waals surface area contributed by atoms with Gasteiger partial charge in [0, 0.05) is 17.6 Å². The summed E-state index contributed by atoms with van der Waals surface area (Å²) >= 11 is 0. The summed E-state index contributed by atoms with van der Waals surface area (Å²) in [6.07, 6.45) is -2.81. The summed E-state index contributed by atoms with van der Waals surface area (Å²) in [6.45, 7) is 1.82. The third kappa shape index (κ3) is 2.45. The molecule has 0 aliphatic carbocycles. The first-order valence-electron chi connectivity index (χ1n) is 5.27. The first-order chi connectivity index (χ1) is 8.38. The fourth-order valence-electron chi connectivity index (χ4n) is 1.73. The molecule has 0 saturated heterocycles. The smallest absolute Gasteiger partial charge is 0.398 e. The lowest BCUT2D eigenvalue weighted by molar-refractivity contribution is -0.136. The van der Waals surface area contributed by atoms with Gasteiger partial charge in [0.15, 0.2) is 0 Å². The molecule has 0 spiro atoms. The number of nitrogens with zero attached hydrogens (tertiary/aromatic N) is 1. The number of pyridine rings is 1. The van der Waals surface area contributed by atoms with E-state index in [2.05, 4.69) is 4.98 Å². The van der Waals surface area contributed by atoms with Gasteiger partial charge in [-0.3, -0.25) is 4.98 Å². The average Bonchev–Trinajstić information content (AvgIpc) is 2.27. The minimum absolute atomic E-state index is 0.269. The molecule has 1 heterocycles. The molecular formula is C13H11F3N2. The maximum atomic E-state index is 12.6. The molecule has 5 heteroatoms. The summed E-state index contributed by atoms with van der Waals surface area (Å²) in [5, 5.41) is 0. The molecule has 0 fully saturated rings. The highest BCUT2D eigenvalue weighted by atomic mass is 19.4. The number of hydrogen-bond acceptors (Lipinski definition) is 2. The van der Waals surface area contributed by atoms with Gasteiger partial charge in [-0.25, -0.2) is 0 Å². The SMILES string of the molecule is Cc1cc(-c2ccc(C(F)(F)F)c(N)c2)ccn1. The van der Waals surface area contributed by atoms with Crippen LogP contribution in [0.2, 0.25) is 0 Å². The molecule has 1 aromatic carbocycles. The lowest BCUT2D eigenvalue weighted by Crippen LogP contribution is -2.08. The molecular weight excluding hydrogens is 241 g/mol. The zero-order valence-corrected chi connectivity index (χ0v) is 9.62. The molecule has 94 valence electrons. The minimum Gasteiger partial charge on any atom is -0.398 e. The summed E-state index contributed by atoms with van der Waals surface area (Å²) in [5.41, 5.74) is 6.61. The average molecular weight is 252 g/mol. The number of hydrogen-bond donors (Lipinski definition) is 1. The van der Waals surface area contributed by atoms with Crippen LogP contribution in [0.25, 0.3) is 11.1 Å². The molecule has 2 nitrogen and oxygen atoms in total. The molecule has 0 amide bonds. The molecule has 18 heavy (non-hydrogen) atoms. The summed E-state index contributed by atoms with van der Waals surface area (Å²) in [6, 6.07) is 7.27. The van der Waals surface area contributed by atoms with Crippen LogP contribution in [-0.4, -0.2) is 4.98 Å². The van der Waals surface area contributed by atoms with Crippen molar-refractivity contribution in [1.82, 2.24) is 4.98 Å². The summed E-state index contributed by atoms with van der Waals surface area (Å²) in [5.74, 6) is 0. The van der Waals surface area contributed by atoms with Crippen LogP contribution in [-0.2, 0) is 6.18 Å². The number of halogens is 3. The number of alkyl halides is 3. The Morgan fingerprint density at radius 1 is 1.06 bits per heavy atom. The lowest BCUT2D eigenvalue weighted by Gasteiger charge is -2.11. The summed E-state index contributed by atoms with van der Waals surface area (Å²) in [4.78, 5) is 4.03. The maximum absolute atomic E-state index is 12.6. The summed E-state index contributed by atoms with van der Waals surface area (Å²) < 4.78 is 37.7. The molecule has 0 atom stereocenters. The zero-order valence-electron chi connectivity index (χ0n) is 9.62. The second-order valence-electron chi connectivity index (χ2n) is 3.99. The highest BCUT2D eigenvalue weighted by Gasteiger charge is 2.32. The van der Waals surface area contributed by atoms with Gasteiger partial charge >= 0.3 is 6.18 Å². The molecule has 0 unspecified atom stereocenters. The summed E-state index contributed by atoms with van der Waals surface area (Å²) in [7, 11) is 0. The van der Waals surface area contributed by atoms with Crippen molar-refractivity contribution in [3.8, 4) is 11.1 Å². The Balaban J connectivity index is 2.47. The van der Waals surface area contributed by atoms with E-state index in [-0.39, 0.29) is 5.69 Å². The topological polar surface area (TPSA) is 38.9 Å². The normalized spacial score (nSPS) is 11.6. The number of aromatic nitrogens is 1. The second-order valence-corrected chi connectivity index (χ2v) is 3.99. The van der Waals surface area contributed by atoms with Crippen LogP contribution in [0.3, 0.4) is 0 Å². The van der Waals surface area contributed by atoms with Crippen LogP contribution in [0.4, 0.5) is 18.9 Å². The van der Waals surface area contributed by atoms with Gasteiger partial charge in [0.1, 0.15) is 0 Å². The van der Waals surface area contributed by atoms with E-state index in [9.17, 15) is 13.2 Å². The van der Waals surface area contributed by atoms with Crippen molar-refractivity contribution in [1.29, 1.82) is 0 Å². The molecule has 2 rings (SSSR count). The molecule has 0 aliphatic heterocycles. The maximum Gasteiger partial charge on any atom is 0.418 e. The van der Waals surface area contributed by atoms with Gasteiger partial charge in [-0.1, -0.05) is 6.07 Å². The Bertz CT molecular complexity index is 577. The van der Waals surface area contributed by atoms with Crippen molar-refractivity contribution in [3.05, 3.63) is 47.8 Å². The number of nitrogen functional groups attached to an aromatic ring is 1.